The van der Waals surface area contributed by atoms with Crippen LogP contribution in [0.25, 0.3) is 0 Å². The lowest BCUT2D eigenvalue weighted by Gasteiger charge is -2.38. The van der Waals surface area contributed by atoms with Crippen LogP contribution < -0.4 is 0 Å². The molecule has 1 aliphatic rings. The summed E-state index contributed by atoms with van der Waals surface area (Å²) in [5, 5.41) is 10.3. The maximum atomic E-state index is 13.6. The number of aliphatic hydroxyl groups is 1. The van der Waals surface area contributed by atoms with E-state index in [1.165, 1.54) is 18.2 Å². The molecule has 1 N–H and O–H groups in total. The fourth-order valence-electron chi connectivity index (χ4n) is 2.75. The first kappa shape index (κ1) is 12.5. The second-order valence-corrected chi connectivity index (χ2v) is 5.25. The molecule has 17 heavy (non-hydrogen) atoms. The molecule has 1 saturated carbocycles. The second kappa shape index (κ2) is 4.73. The van der Waals surface area contributed by atoms with Gasteiger partial charge >= 0.3 is 0 Å². The number of hydrogen-bond acceptors (Lipinski definition) is 1. The lowest BCUT2D eigenvalue weighted by Crippen LogP contribution is -2.29. The molecular formula is C14H18F2O. The molecule has 0 bridgehead atoms. The van der Waals surface area contributed by atoms with Gasteiger partial charge in [0.05, 0.1) is 11.7 Å². The number of hydrogen-bond donors (Lipinski definition) is 1. The Morgan fingerprint density at radius 3 is 2.18 bits per heavy atom. The summed E-state index contributed by atoms with van der Waals surface area (Å²) in [5.74, 6) is -1.30. The summed E-state index contributed by atoms with van der Waals surface area (Å²) in [4.78, 5) is 0. The number of halogens is 2. The van der Waals surface area contributed by atoms with Gasteiger partial charge in [0.1, 0.15) is 11.6 Å². The topological polar surface area (TPSA) is 20.2 Å². The van der Waals surface area contributed by atoms with Crippen molar-refractivity contribution in [3.05, 3.63) is 35.4 Å². The normalized spacial score (nSPS) is 21.2. The summed E-state index contributed by atoms with van der Waals surface area (Å²) in [5.41, 5.74) is -0.571. The second-order valence-electron chi connectivity index (χ2n) is 5.25. The van der Waals surface area contributed by atoms with Crippen molar-refractivity contribution in [3.63, 3.8) is 0 Å². The highest BCUT2D eigenvalue weighted by Crippen LogP contribution is 2.46. The summed E-state index contributed by atoms with van der Waals surface area (Å²) in [6.07, 6.45) is 3.77. The predicted octanol–water partition coefficient (Wildman–Crippen LogP) is 3.97. The molecule has 3 heteroatoms. The zero-order valence-corrected chi connectivity index (χ0v) is 10.0. The molecule has 1 aromatic carbocycles. The van der Waals surface area contributed by atoms with Crippen LogP contribution in [0.3, 0.4) is 0 Å². The Labute approximate surface area is 100 Å². The van der Waals surface area contributed by atoms with Gasteiger partial charge in [0.2, 0.25) is 0 Å². The Morgan fingerprint density at radius 2 is 1.65 bits per heavy atom. The first-order chi connectivity index (χ1) is 8.04. The Hall–Kier alpha value is -0.960. The van der Waals surface area contributed by atoms with Crippen molar-refractivity contribution in [2.75, 3.05) is 0 Å². The van der Waals surface area contributed by atoms with Gasteiger partial charge in [-0.05, 0) is 30.4 Å². The highest BCUT2D eigenvalue weighted by molar-refractivity contribution is 5.24. The Kier molecular flexibility index (Phi) is 3.48. The molecule has 1 aliphatic carbocycles. The van der Waals surface area contributed by atoms with Gasteiger partial charge in [-0.1, -0.05) is 32.3 Å². The molecule has 1 nitrogen and oxygen atoms in total. The average Bonchev–Trinajstić information content (AvgIpc) is 2.29. The van der Waals surface area contributed by atoms with Crippen molar-refractivity contribution in [3.8, 4) is 0 Å². The van der Waals surface area contributed by atoms with Crippen LogP contribution in [-0.2, 0) is 0 Å². The monoisotopic (exact) mass is 240 g/mol. The maximum Gasteiger partial charge on any atom is 0.131 e. The molecule has 0 spiro atoms. The minimum Gasteiger partial charge on any atom is -0.388 e. The summed E-state index contributed by atoms with van der Waals surface area (Å²) < 4.78 is 27.3. The van der Waals surface area contributed by atoms with E-state index >= 15 is 0 Å². The van der Waals surface area contributed by atoms with Gasteiger partial charge in [0.15, 0.2) is 0 Å². The van der Waals surface area contributed by atoms with E-state index in [2.05, 4.69) is 0 Å². The Morgan fingerprint density at radius 1 is 1.12 bits per heavy atom. The van der Waals surface area contributed by atoms with Gasteiger partial charge < -0.3 is 5.11 Å². The smallest absolute Gasteiger partial charge is 0.131 e. The largest absolute Gasteiger partial charge is 0.388 e. The van der Waals surface area contributed by atoms with E-state index in [-0.39, 0.29) is 5.56 Å². The molecule has 0 radical (unpaired) electrons. The van der Waals surface area contributed by atoms with Crippen molar-refractivity contribution >= 4 is 0 Å². The van der Waals surface area contributed by atoms with E-state index in [4.69, 9.17) is 0 Å². The van der Waals surface area contributed by atoms with Crippen LogP contribution in [0.2, 0.25) is 0 Å². The zero-order valence-electron chi connectivity index (χ0n) is 10.0. The van der Waals surface area contributed by atoms with Gasteiger partial charge in [0, 0.05) is 0 Å². The van der Waals surface area contributed by atoms with Crippen LogP contribution in [0.1, 0.15) is 50.7 Å². The summed E-state index contributed by atoms with van der Waals surface area (Å²) >= 11 is 0. The minimum absolute atomic E-state index is 0.170. The quantitative estimate of drug-likeness (QED) is 0.829. The standard InChI is InChI=1S/C14H18F2O/c1-14(8-3-2-4-9-14)13(17)12-10(15)6-5-7-11(12)16/h5-7,13,17H,2-4,8-9H2,1H3. The lowest BCUT2D eigenvalue weighted by atomic mass is 9.70. The highest BCUT2D eigenvalue weighted by Gasteiger charge is 2.37. The van der Waals surface area contributed by atoms with Gasteiger partial charge in [-0.25, -0.2) is 8.78 Å². The van der Waals surface area contributed by atoms with Crippen molar-refractivity contribution in [1.29, 1.82) is 0 Å². The SMILES string of the molecule is CC1(C(O)c2c(F)cccc2F)CCCCC1. The summed E-state index contributed by atoms with van der Waals surface area (Å²) in [6.45, 7) is 1.92. The number of benzene rings is 1. The molecule has 0 heterocycles. The average molecular weight is 240 g/mol. The molecule has 0 saturated heterocycles. The molecule has 0 aliphatic heterocycles. The fraction of sp³-hybridized carbons (Fsp3) is 0.571. The third kappa shape index (κ3) is 2.34. The van der Waals surface area contributed by atoms with Crippen molar-refractivity contribution in [1.82, 2.24) is 0 Å². The van der Waals surface area contributed by atoms with E-state index in [1.54, 1.807) is 0 Å². The van der Waals surface area contributed by atoms with Gasteiger partial charge in [-0.3, -0.25) is 0 Å². The molecule has 0 aromatic heterocycles. The Balaban J connectivity index is 2.32. The van der Waals surface area contributed by atoms with Gasteiger partial charge in [0.25, 0.3) is 0 Å². The fourth-order valence-corrected chi connectivity index (χ4v) is 2.75. The molecule has 0 amide bonds. The first-order valence-corrected chi connectivity index (χ1v) is 6.16. The molecule has 1 unspecified atom stereocenters. The molecule has 1 fully saturated rings. The van der Waals surface area contributed by atoms with E-state index in [0.717, 1.165) is 32.1 Å². The third-order valence-electron chi connectivity index (χ3n) is 3.93. The van der Waals surface area contributed by atoms with Crippen molar-refractivity contribution in [2.45, 2.75) is 45.1 Å². The van der Waals surface area contributed by atoms with E-state index < -0.39 is 23.2 Å². The first-order valence-electron chi connectivity index (χ1n) is 6.16. The highest BCUT2D eigenvalue weighted by atomic mass is 19.1. The summed E-state index contributed by atoms with van der Waals surface area (Å²) in [6, 6.07) is 3.73. The molecule has 94 valence electrons. The van der Waals surface area contributed by atoms with Crippen molar-refractivity contribution in [2.24, 2.45) is 5.41 Å². The van der Waals surface area contributed by atoms with Crippen LogP contribution in [-0.4, -0.2) is 5.11 Å². The Bertz CT molecular complexity index is 377. The van der Waals surface area contributed by atoms with Gasteiger partial charge in [-0.15, -0.1) is 0 Å². The predicted molar refractivity (Wildman–Crippen MR) is 62.5 cm³/mol. The number of rotatable bonds is 2. The molecule has 1 atom stereocenters. The zero-order chi connectivity index (χ0) is 12.5. The molecule has 2 rings (SSSR count). The van der Waals surface area contributed by atoms with Crippen LogP contribution >= 0.6 is 0 Å². The van der Waals surface area contributed by atoms with Crippen molar-refractivity contribution < 1.29 is 13.9 Å². The number of aliphatic hydroxyl groups excluding tert-OH is 1. The van der Waals surface area contributed by atoms with Gasteiger partial charge in [-0.2, -0.15) is 0 Å². The van der Waals surface area contributed by atoms with Crippen LogP contribution in [0, 0.1) is 17.0 Å². The molecular weight excluding hydrogens is 222 g/mol. The lowest BCUT2D eigenvalue weighted by molar-refractivity contribution is 0.00337. The van der Waals surface area contributed by atoms with Crippen LogP contribution in [0.4, 0.5) is 8.78 Å². The van der Waals surface area contributed by atoms with E-state index in [0.29, 0.717) is 0 Å². The molecule has 1 aromatic rings. The van der Waals surface area contributed by atoms with Crippen LogP contribution in [0.15, 0.2) is 18.2 Å². The minimum atomic E-state index is -1.05. The summed E-state index contributed by atoms with van der Waals surface area (Å²) in [7, 11) is 0. The van der Waals surface area contributed by atoms with E-state index in [1.807, 2.05) is 6.92 Å². The third-order valence-corrected chi connectivity index (χ3v) is 3.93. The van der Waals surface area contributed by atoms with Crippen LogP contribution in [0.5, 0.6) is 0 Å². The van der Waals surface area contributed by atoms with E-state index in [9.17, 15) is 13.9 Å². The maximum absolute atomic E-state index is 13.6.